The van der Waals surface area contributed by atoms with Crippen LogP contribution in [-0.4, -0.2) is 56.0 Å². The molecule has 0 atom stereocenters. The van der Waals surface area contributed by atoms with Gasteiger partial charge in [0.1, 0.15) is 17.8 Å². The number of benzene rings is 2. The van der Waals surface area contributed by atoms with Crippen molar-refractivity contribution in [2.24, 2.45) is 0 Å². The molecule has 0 amide bonds. The normalized spacial score (nSPS) is 13.8. The van der Waals surface area contributed by atoms with Crippen molar-refractivity contribution < 1.29 is 22.3 Å². The van der Waals surface area contributed by atoms with E-state index in [-0.39, 0.29) is 11.6 Å². The second kappa shape index (κ2) is 10.9. The van der Waals surface area contributed by atoms with E-state index >= 15 is 0 Å². The minimum atomic E-state index is -4.51. The van der Waals surface area contributed by atoms with Crippen molar-refractivity contribution in [3.8, 4) is 28.3 Å². The maximum atomic E-state index is 14.5. The van der Waals surface area contributed by atoms with E-state index in [2.05, 4.69) is 35.3 Å². The summed E-state index contributed by atoms with van der Waals surface area (Å²) < 4.78 is 59.7. The van der Waals surface area contributed by atoms with E-state index in [0.29, 0.717) is 60.4 Å². The molecule has 208 valence electrons. The summed E-state index contributed by atoms with van der Waals surface area (Å²) in [5.74, 6) is 0.233. The molecule has 0 saturated carbocycles. The van der Waals surface area contributed by atoms with E-state index in [1.54, 1.807) is 36.5 Å². The maximum absolute atomic E-state index is 14.5. The Labute approximate surface area is 231 Å². The van der Waals surface area contributed by atoms with Gasteiger partial charge < -0.3 is 15.0 Å². The van der Waals surface area contributed by atoms with Crippen molar-refractivity contribution in [1.29, 1.82) is 0 Å². The minimum absolute atomic E-state index is 0.243. The lowest BCUT2D eigenvalue weighted by Gasteiger charge is -2.29. The third kappa shape index (κ3) is 5.99. The predicted molar refractivity (Wildman–Crippen MR) is 143 cm³/mol. The van der Waals surface area contributed by atoms with E-state index < -0.39 is 11.9 Å². The van der Waals surface area contributed by atoms with Gasteiger partial charge in [-0.05, 0) is 60.7 Å². The average Bonchev–Trinajstić information content (AvgIpc) is 3.48. The number of anilines is 3. The Morgan fingerprint density at radius 1 is 0.829 bits per heavy atom. The SMILES string of the molecule is Fc1cc(-c2ccnc(Nc3ccc(-n4cnc(-c5ccc(C(F)(F)F)nc5)n4)cc3)n2)cc(N2CCOCC2)c1. The Morgan fingerprint density at radius 2 is 1.63 bits per heavy atom. The summed E-state index contributed by atoms with van der Waals surface area (Å²) in [4.78, 5) is 18.6. The third-order valence-corrected chi connectivity index (χ3v) is 6.40. The van der Waals surface area contributed by atoms with Crippen LogP contribution in [0.2, 0.25) is 0 Å². The van der Waals surface area contributed by atoms with Gasteiger partial charge in [-0.3, -0.25) is 4.98 Å². The van der Waals surface area contributed by atoms with Crippen molar-refractivity contribution >= 4 is 17.3 Å². The van der Waals surface area contributed by atoms with E-state index in [0.717, 1.165) is 18.0 Å². The molecule has 6 rings (SSSR count). The van der Waals surface area contributed by atoms with Crippen LogP contribution < -0.4 is 10.2 Å². The molecule has 1 saturated heterocycles. The Bertz CT molecular complexity index is 1650. The number of rotatable bonds is 6. The molecule has 1 aliphatic heterocycles. The third-order valence-electron chi connectivity index (χ3n) is 6.40. The van der Waals surface area contributed by atoms with Crippen LogP contribution >= 0.6 is 0 Å². The summed E-state index contributed by atoms with van der Waals surface area (Å²) in [5.41, 5.74) is 2.75. The lowest BCUT2D eigenvalue weighted by Crippen LogP contribution is -2.36. The quantitative estimate of drug-likeness (QED) is 0.270. The molecule has 1 N–H and O–H groups in total. The topological polar surface area (TPSA) is 93.9 Å². The maximum Gasteiger partial charge on any atom is 0.433 e. The summed E-state index contributed by atoms with van der Waals surface area (Å²) in [6.07, 6.45) is -0.353. The molecule has 0 unspecified atom stereocenters. The molecule has 13 heteroatoms. The fourth-order valence-electron chi connectivity index (χ4n) is 4.35. The first-order chi connectivity index (χ1) is 19.8. The molecule has 0 bridgehead atoms. The van der Waals surface area contributed by atoms with Crippen LogP contribution in [0.3, 0.4) is 0 Å². The number of alkyl halides is 3. The Morgan fingerprint density at radius 3 is 2.37 bits per heavy atom. The van der Waals surface area contributed by atoms with Gasteiger partial charge in [-0.1, -0.05) is 0 Å². The summed E-state index contributed by atoms with van der Waals surface area (Å²) in [7, 11) is 0. The summed E-state index contributed by atoms with van der Waals surface area (Å²) in [5, 5.41) is 7.49. The largest absolute Gasteiger partial charge is 0.433 e. The number of morpholine rings is 1. The molecule has 1 fully saturated rings. The second-order valence-electron chi connectivity index (χ2n) is 9.18. The van der Waals surface area contributed by atoms with Crippen LogP contribution in [0.1, 0.15) is 5.69 Å². The molecule has 1 aliphatic rings. The highest BCUT2D eigenvalue weighted by Crippen LogP contribution is 2.29. The highest BCUT2D eigenvalue weighted by molar-refractivity contribution is 5.67. The average molecular weight is 563 g/mol. The van der Waals surface area contributed by atoms with Crippen molar-refractivity contribution in [2.75, 3.05) is 36.5 Å². The lowest BCUT2D eigenvalue weighted by atomic mass is 10.1. The number of pyridine rings is 1. The van der Waals surface area contributed by atoms with Crippen LogP contribution in [0.25, 0.3) is 28.3 Å². The Kier molecular flexibility index (Phi) is 7.01. The second-order valence-corrected chi connectivity index (χ2v) is 9.18. The standard InChI is InChI=1S/C28H22F4N8O/c29-20-13-19(14-23(15-20)39-9-11-41-12-10-39)24-7-8-33-27(37-24)36-21-2-4-22(5-3-21)40-17-35-26(38-40)18-1-6-25(34-16-18)28(30,31)32/h1-8,13-17H,9-12H2,(H,33,36,37). The Balaban J connectivity index is 1.16. The summed E-state index contributed by atoms with van der Waals surface area (Å²) in [6.45, 7) is 2.58. The predicted octanol–water partition coefficient (Wildman–Crippen LogP) is 5.52. The van der Waals surface area contributed by atoms with Crippen LogP contribution in [0.4, 0.5) is 34.9 Å². The molecule has 41 heavy (non-hydrogen) atoms. The van der Waals surface area contributed by atoms with Gasteiger partial charge in [0, 0.05) is 48.0 Å². The van der Waals surface area contributed by atoms with E-state index in [9.17, 15) is 17.6 Å². The summed E-state index contributed by atoms with van der Waals surface area (Å²) >= 11 is 0. The molecule has 9 nitrogen and oxygen atoms in total. The van der Waals surface area contributed by atoms with E-state index in [1.807, 2.05) is 6.07 Å². The number of hydrogen-bond donors (Lipinski definition) is 1. The van der Waals surface area contributed by atoms with Crippen LogP contribution in [0, 0.1) is 5.82 Å². The number of nitrogens with zero attached hydrogens (tertiary/aromatic N) is 7. The summed E-state index contributed by atoms with van der Waals surface area (Å²) in [6, 6.07) is 15.9. The lowest BCUT2D eigenvalue weighted by molar-refractivity contribution is -0.141. The van der Waals surface area contributed by atoms with Crippen LogP contribution in [-0.2, 0) is 10.9 Å². The van der Waals surface area contributed by atoms with Gasteiger partial charge in [0.25, 0.3) is 0 Å². The van der Waals surface area contributed by atoms with Gasteiger partial charge in [-0.25, -0.2) is 24.0 Å². The van der Waals surface area contributed by atoms with Crippen molar-refractivity contribution in [2.45, 2.75) is 6.18 Å². The van der Waals surface area contributed by atoms with Crippen LogP contribution in [0.5, 0.6) is 0 Å². The molecule has 5 aromatic rings. The first kappa shape index (κ1) is 26.3. The van der Waals surface area contributed by atoms with Gasteiger partial charge >= 0.3 is 6.18 Å². The number of nitrogens with one attached hydrogen (secondary N) is 1. The smallest absolute Gasteiger partial charge is 0.378 e. The molecular weight excluding hydrogens is 540 g/mol. The molecular formula is C28H22F4N8O. The molecule has 0 spiro atoms. The number of hydrogen-bond acceptors (Lipinski definition) is 8. The monoisotopic (exact) mass is 562 g/mol. The fourth-order valence-corrected chi connectivity index (χ4v) is 4.35. The van der Waals surface area contributed by atoms with Gasteiger partial charge in [0.05, 0.1) is 24.6 Å². The number of aromatic nitrogens is 6. The molecule has 3 aromatic heterocycles. The van der Waals surface area contributed by atoms with E-state index in [1.165, 1.54) is 29.2 Å². The van der Waals surface area contributed by atoms with E-state index in [4.69, 9.17) is 4.74 Å². The van der Waals surface area contributed by atoms with Crippen molar-refractivity contribution in [3.63, 3.8) is 0 Å². The molecule has 4 heterocycles. The van der Waals surface area contributed by atoms with Gasteiger partial charge in [-0.15, -0.1) is 5.10 Å². The number of halogens is 4. The molecule has 0 radical (unpaired) electrons. The van der Waals surface area contributed by atoms with Crippen molar-refractivity contribution in [3.05, 3.63) is 90.9 Å². The molecule has 0 aliphatic carbocycles. The highest BCUT2D eigenvalue weighted by Gasteiger charge is 2.32. The minimum Gasteiger partial charge on any atom is -0.378 e. The zero-order valence-corrected chi connectivity index (χ0v) is 21.4. The van der Waals surface area contributed by atoms with Gasteiger partial charge in [0.15, 0.2) is 5.82 Å². The van der Waals surface area contributed by atoms with Crippen LogP contribution in [0.15, 0.2) is 79.4 Å². The number of ether oxygens (including phenoxy) is 1. The fraction of sp³-hybridized carbons (Fsp3) is 0.179. The Hall–Kier alpha value is -4.91. The molecule has 2 aromatic carbocycles. The zero-order valence-electron chi connectivity index (χ0n) is 21.4. The van der Waals surface area contributed by atoms with Gasteiger partial charge in [-0.2, -0.15) is 13.2 Å². The van der Waals surface area contributed by atoms with Crippen molar-refractivity contribution in [1.82, 2.24) is 29.7 Å². The highest BCUT2D eigenvalue weighted by atomic mass is 19.4. The first-order valence-electron chi connectivity index (χ1n) is 12.6. The van der Waals surface area contributed by atoms with Gasteiger partial charge in [0.2, 0.25) is 5.95 Å². The zero-order chi connectivity index (χ0) is 28.4. The first-order valence-corrected chi connectivity index (χ1v) is 12.6.